The lowest BCUT2D eigenvalue weighted by atomic mass is 9.92. The third-order valence-corrected chi connectivity index (χ3v) is 4.96. The second kappa shape index (κ2) is 4.53. The van der Waals surface area contributed by atoms with Crippen LogP contribution in [-0.2, 0) is 5.75 Å². The number of carbonyl (C=O) groups is 1. The number of carbonyl (C=O) groups excluding carboxylic acids is 1. The number of hydrogen-bond donors (Lipinski definition) is 0. The monoisotopic (exact) mass is 268 g/mol. The van der Waals surface area contributed by atoms with Gasteiger partial charge in [0.2, 0.25) is 0 Å². The van der Waals surface area contributed by atoms with Crippen LogP contribution in [0.25, 0.3) is 11.1 Å². The van der Waals surface area contributed by atoms with Gasteiger partial charge >= 0.3 is 0 Å². The molecule has 1 nitrogen and oxygen atoms in total. The molecule has 0 spiro atoms. The van der Waals surface area contributed by atoms with Crippen molar-refractivity contribution in [1.29, 1.82) is 0 Å². The molecule has 96 valence electrons. The van der Waals surface area contributed by atoms with Gasteiger partial charge in [-0.1, -0.05) is 42.5 Å². The van der Waals surface area contributed by atoms with Crippen molar-refractivity contribution in [3.63, 3.8) is 0 Å². The molecule has 1 aliphatic rings. The molecule has 19 heavy (non-hydrogen) atoms. The Morgan fingerprint density at radius 1 is 1.00 bits per heavy atom. The van der Waals surface area contributed by atoms with Gasteiger partial charge in [-0.25, -0.2) is 0 Å². The van der Waals surface area contributed by atoms with Crippen molar-refractivity contribution < 1.29 is 4.79 Å². The van der Waals surface area contributed by atoms with E-state index in [1.54, 1.807) is 11.8 Å². The second-order valence-electron chi connectivity index (χ2n) is 5.37. The van der Waals surface area contributed by atoms with Gasteiger partial charge in [0, 0.05) is 11.3 Å². The van der Waals surface area contributed by atoms with E-state index in [-0.39, 0.29) is 10.5 Å². The van der Waals surface area contributed by atoms with E-state index in [0.29, 0.717) is 0 Å². The topological polar surface area (TPSA) is 17.1 Å². The maximum absolute atomic E-state index is 12.5. The highest BCUT2D eigenvalue weighted by Crippen LogP contribution is 2.39. The third-order valence-electron chi connectivity index (χ3n) is 3.60. The zero-order valence-electron chi connectivity index (χ0n) is 11.1. The largest absolute Gasteiger partial charge is 0.293 e. The van der Waals surface area contributed by atoms with Gasteiger partial charge in [-0.2, -0.15) is 0 Å². The fraction of sp³-hybridized carbons (Fsp3) is 0.235. The van der Waals surface area contributed by atoms with Crippen LogP contribution >= 0.6 is 11.8 Å². The molecule has 0 aromatic heterocycles. The Bertz CT molecular complexity index is 629. The normalized spacial score (nSPS) is 17.1. The first-order valence-electron chi connectivity index (χ1n) is 6.45. The Morgan fingerprint density at radius 2 is 1.74 bits per heavy atom. The first-order chi connectivity index (χ1) is 9.08. The first-order valence-corrected chi connectivity index (χ1v) is 7.43. The lowest BCUT2D eigenvalue weighted by Gasteiger charge is -2.29. The summed E-state index contributed by atoms with van der Waals surface area (Å²) >= 11 is 1.72. The highest BCUT2D eigenvalue weighted by Gasteiger charge is 2.34. The first kappa shape index (κ1) is 12.5. The van der Waals surface area contributed by atoms with Gasteiger partial charge in [0.25, 0.3) is 0 Å². The highest BCUT2D eigenvalue weighted by molar-refractivity contribution is 8.00. The van der Waals surface area contributed by atoms with E-state index in [1.807, 2.05) is 32.0 Å². The van der Waals surface area contributed by atoms with E-state index in [0.717, 1.165) is 28.0 Å². The van der Waals surface area contributed by atoms with Crippen LogP contribution in [0.4, 0.5) is 0 Å². The van der Waals surface area contributed by atoms with Crippen LogP contribution in [-0.4, -0.2) is 10.5 Å². The number of hydrogen-bond acceptors (Lipinski definition) is 2. The molecule has 0 saturated heterocycles. The quantitative estimate of drug-likeness (QED) is 0.754. The summed E-state index contributed by atoms with van der Waals surface area (Å²) in [5.41, 5.74) is 4.34. The van der Waals surface area contributed by atoms with E-state index in [2.05, 4.69) is 30.3 Å². The average molecular weight is 268 g/mol. The van der Waals surface area contributed by atoms with Crippen molar-refractivity contribution >= 4 is 17.5 Å². The molecule has 2 heteroatoms. The zero-order chi connectivity index (χ0) is 13.5. The summed E-state index contributed by atoms with van der Waals surface area (Å²) in [5.74, 6) is 1.17. The van der Waals surface area contributed by atoms with Crippen molar-refractivity contribution in [2.24, 2.45) is 0 Å². The number of Topliss-reactive ketones (excluding diaryl/α,β-unsaturated/α-hetero) is 1. The Balaban J connectivity index is 2.09. The summed E-state index contributed by atoms with van der Waals surface area (Å²) in [6.45, 7) is 4.02. The van der Waals surface area contributed by atoms with Crippen LogP contribution in [0.15, 0.2) is 48.5 Å². The summed E-state index contributed by atoms with van der Waals surface area (Å²) in [5, 5.41) is 0. The Labute approximate surface area is 118 Å². The molecule has 0 saturated carbocycles. The predicted molar refractivity (Wildman–Crippen MR) is 81.6 cm³/mol. The van der Waals surface area contributed by atoms with Crippen molar-refractivity contribution in [3.05, 3.63) is 59.7 Å². The maximum atomic E-state index is 12.5. The van der Waals surface area contributed by atoms with E-state index in [4.69, 9.17) is 0 Å². The van der Waals surface area contributed by atoms with Gasteiger partial charge in [0.1, 0.15) is 0 Å². The summed E-state index contributed by atoms with van der Waals surface area (Å²) in [6.07, 6.45) is 0. The molecule has 0 N–H and O–H groups in total. The van der Waals surface area contributed by atoms with Crippen molar-refractivity contribution in [2.75, 3.05) is 0 Å². The van der Waals surface area contributed by atoms with Crippen molar-refractivity contribution in [1.82, 2.24) is 0 Å². The summed E-state index contributed by atoms with van der Waals surface area (Å²) in [4.78, 5) is 12.5. The molecule has 0 amide bonds. The number of benzene rings is 2. The van der Waals surface area contributed by atoms with Gasteiger partial charge in [0.05, 0.1) is 4.75 Å². The summed E-state index contributed by atoms with van der Waals surface area (Å²) < 4.78 is -0.303. The molecular formula is C17H16OS. The SMILES string of the molecule is CC1(C)SCc2ccc(-c3ccccc3)cc2C1=O. The molecule has 0 bridgehead atoms. The summed E-state index contributed by atoms with van der Waals surface area (Å²) in [6, 6.07) is 16.5. The minimum Gasteiger partial charge on any atom is -0.293 e. The Morgan fingerprint density at radius 3 is 2.47 bits per heavy atom. The molecule has 3 rings (SSSR count). The van der Waals surface area contributed by atoms with E-state index in [1.165, 1.54) is 0 Å². The molecule has 1 aliphatic heterocycles. The third kappa shape index (κ3) is 2.21. The molecule has 0 radical (unpaired) electrons. The number of ketones is 1. The second-order valence-corrected chi connectivity index (χ2v) is 6.96. The number of thioether (sulfide) groups is 1. The molecule has 0 unspecified atom stereocenters. The lowest BCUT2D eigenvalue weighted by molar-refractivity contribution is 0.0955. The predicted octanol–water partition coefficient (Wildman–Crippen LogP) is 4.56. The van der Waals surface area contributed by atoms with Crippen LogP contribution in [0.3, 0.4) is 0 Å². The minimum absolute atomic E-state index is 0.247. The number of rotatable bonds is 1. The fourth-order valence-electron chi connectivity index (χ4n) is 2.37. The number of fused-ring (bicyclic) bond motifs is 1. The molecule has 2 aromatic rings. The van der Waals surface area contributed by atoms with E-state index >= 15 is 0 Å². The van der Waals surface area contributed by atoms with Crippen molar-refractivity contribution in [3.8, 4) is 11.1 Å². The maximum Gasteiger partial charge on any atom is 0.178 e. The molecule has 2 aromatic carbocycles. The van der Waals surface area contributed by atoms with E-state index in [9.17, 15) is 4.79 Å². The molecule has 0 fully saturated rings. The van der Waals surface area contributed by atoms with Crippen LogP contribution < -0.4 is 0 Å². The van der Waals surface area contributed by atoms with Gasteiger partial charge in [-0.05, 0) is 36.6 Å². The minimum atomic E-state index is -0.303. The van der Waals surface area contributed by atoms with E-state index < -0.39 is 0 Å². The molecule has 1 heterocycles. The Hall–Kier alpha value is -1.54. The molecule has 0 atom stereocenters. The van der Waals surface area contributed by atoms with Gasteiger partial charge in [-0.3, -0.25) is 4.79 Å². The fourth-order valence-corrected chi connectivity index (χ4v) is 3.38. The van der Waals surface area contributed by atoms with Gasteiger partial charge in [0.15, 0.2) is 5.78 Å². The van der Waals surface area contributed by atoms with Crippen LogP contribution in [0.2, 0.25) is 0 Å². The van der Waals surface area contributed by atoms with Crippen LogP contribution in [0, 0.1) is 0 Å². The van der Waals surface area contributed by atoms with Gasteiger partial charge in [-0.15, -0.1) is 11.8 Å². The molecule has 0 aliphatic carbocycles. The summed E-state index contributed by atoms with van der Waals surface area (Å²) in [7, 11) is 0. The smallest absolute Gasteiger partial charge is 0.178 e. The highest BCUT2D eigenvalue weighted by atomic mass is 32.2. The zero-order valence-corrected chi connectivity index (χ0v) is 12.0. The lowest BCUT2D eigenvalue weighted by Crippen LogP contribution is -2.32. The standard InChI is InChI=1S/C17H16OS/c1-17(2)16(18)15-10-13(8-9-14(15)11-19-17)12-6-4-3-5-7-12/h3-10H,11H2,1-2H3. The van der Waals surface area contributed by atoms with Crippen LogP contribution in [0.1, 0.15) is 29.8 Å². The molecular weight excluding hydrogens is 252 g/mol. The Kier molecular flexibility index (Phi) is 2.98. The average Bonchev–Trinajstić information content (AvgIpc) is 2.44. The van der Waals surface area contributed by atoms with Crippen molar-refractivity contribution in [2.45, 2.75) is 24.3 Å². The van der Waals surface area contributed by atoms with Crippen LogP contribution in [0.5, 0.6) is 0 Å². The van der Waals surface area contributed by atoms with Gasteiger partial charge < -0.3 is 0 Å².